The molecule has 2 aromatic rings. The van der Waals surface area contributed by atoms with Crippen molar-refractivity contribution in [1.29, 1.82) is 0 Å². The fraction of sp³-hybridized carbons (Fsp3) is 0.550. The van der Waals surface area contributed by atoms with Gasteiger partial charge in [0, 0.05) is 20.3 Å². The molecule has 0 aliphatic heterocycles. The summed E-state index contributed by atoms with van der Waals surface area (Å²) in [6.45, 7) is 1.43. The quantitative estimate of drug-likeness (QED) is 0.482. The zero-order chi connectivity index (χ0) is 19.8. The van der Waals surface area contributed by atoms with E-state index in [1.54, 1.807) is 25.6 Å². The third kappa shape index (κ3) is 5.78. The van der Waals surface area contributed by atoms with Gasteiger partial charge in [0.15, 0.2) is 5.16 Å². The summed E-state index contributed by atoms with van der Waals surface area (Å²) in [4.78, 5) is 12.6. The molecule has 1 aliphatic rings. The summed E-state index contributed by atoms with van der Waals surface area (Å²) in [5.74, 6) is 0.367. The van der Waals surface area contributed by atoms with Crippen molar-refractivity contribution in [3.05, 3.63) is 42.0 Å². The van der Waals surface area contributed by atoms with Crippen LogP contribution in [0.15, 0.2) is 35.7 Å². The van der Waals surface area contributed by atoms with Crippen LogP contribution in [0.4, 0.5) is 4.39 Å². The molecule has 1 atom stereocenters. The van der Waals surface area contributed by atoms with Crippen molar-refractivity contribution >= 4 is 17.7 Å². The minimum atomic E-state index is -0.261. The fourth-order valence-electron chi connectivity index (χ4n) is 3.67. The monoisotopic (exact) mass is 406 g/mol. The number of halogens is 1. The van der Waals surface area contributed by atoms with Gasteiger partial charge >= 0.3 is 0 Å². The molecule has 1 fully saturated rings. The molecule has 1 unspecified atom stereocenters. The number of aromatic nitrogens is 3. The average molecular weight is 407 g/mol. The number of thioether (sulfide) groups is 1. The number of rotatable bonds is 10. The van der Waals surface area contributed by atoms with Crippen molar-refractivity contribution in [3.8, 4) is 0 Å². The predicted molar refractivity (Wildman–Crippen MR) is 106 cm³/mol. The predicted octanol–water partition coefficient (Wildman–Crippen LogP) is 3.59. The first-order valence-electron chi connectivity index (χ1n) is 9.71. The third-order valence-corrected chi connectivity index (χ3v) is 6.06. The number of carbonyl (C=O) groups is 1. The number of hydrogen-bond acceptors (Lipinski definition) is 5. The molecule has 1 saturated carbocycles. The van der Waals surface area contributed by atoms with Crippen LogP contribution in [-0.4, -0.2) is 40.1 Å². The lowest BCUT2D eigenvalue weighted by atomic mass is 9.91. The Morgan fingerprint density at radius 2 is 2.11 bits per heavy atom. The molecule has 1 N–H and O–H groups in total. The van der Waals surface area contributed by atoms with Crippen LogP contribution in [0.25, 0.3) is 0 Å². The molecule has 0 radical (unpaired) electrons. The van der Waals surface area contributed by atoms with Gasteiger partial charge in [-0.2, -0.15) is 0 Å². The Morgan fingerprint density at radius 3 is 2.82 bits per heavy atom. The molecule has 1 amide bonds. The summed E-state index contributed by atoms with van der Waals surface area (Å²) in [6, 6.07) is 6.40. The summed E-state index contributed by atoms with van der Waals surface area (Å²) in [6.07, 6.45) is 7.07. The molecule has 1 aromatic heterocycles. The summed E-state index contributed by atoms with van der Waals surface area (Å²) in [5, 5.41) is 11.9. The Bertz CT molecular complexity index is 747. The molecule has 0 spiro atoms. The van der Waals surface area contributed by atoms with E-state index in [1.165, 1.54) is 36.7 Å². The second-order valence-corrected chi connectivity index (χ2v) is 8.03. The molecule has 1 aliphatic carbocycles. The van der Waals surface area contributed by atoms with E-state index in [-0.39, 0.29) is 23.5 Å². The van der Waals surface area contributed by atoms with E-state index in [0.717, 1.165) is 36.5 Å². The number of nitrogens with zero attached hydrogens (tertiary/aromatic N) is 3. The van der Waals surface area contributed by atoms with Crippen LogP contribution in [0.1, 0.15) is 43.7 Å². The highest BCUT2D eigenvalue weighted by molar-refractivity contribution is 7.99. The van der Waals surface area contributed by atoms with Crippen molar-refractivity contribution in [2.24, 2.45) is 5.92 Å². The average Bonchev–Trinajstić information content (AvgIpc) is 3.38. The van der Waals surface area contributed by atoms with Crippen molar-refractivity contribution in [2.75, 3.05) is 19.5 Å². The lowest BCUT2D eigenvalue weighted by molar-refractivity contribution is -0.119. The summed E-state index contributed by atoms with van der Waals surface area (Å²) in [5.41, 5.74) is 0.967. The van der Waals surface area contributed by atoms with Gasteiger partial charge in [-0.1, -0.05) is 36.7 Å². The first kappa shape index (κ1) is 20.8. The Hall–Kier alpha value is -1.93. The van der Waals surface area contributed by atoms with Gasteiger partial charge in [0.2, 0.25) is 5.91 Å². The molecule has 1 heterocycles. The van der Waals surface area contributed by atoms with Gasteiger partial charge in [-0.05, 0) is 42.9 Å². The number of amides is 1. The zero-order valence-corrected chi connectivity index (χ0v) is 17.0. The van der Waals surface area contributed by atoms with Crippen LogP contribution in [0, 0.1) is 11.7 Å². The van der Waals surface area contributed by atoms with Gasteiger partial charge in [-0.3, -0.25) is 4.79 Å². The highest BCUT2D eigenvalue weighted by Gasteiger charge is 2.27. The molecule has 8 heteroatoms. The summed E-state index contributed by atoms with van der Waals surface area (Å²) >= 11 is 1.38. The second kappa shape index (κ2) is 10.6. The zero-order valence-electron chi connectivity index (χ0n) is 16.1. The summed E-state index contributed by atoms with van der Waals surface area (Å²) in [7, 11) is 1.67. The Balaban J connectivity index is 1.58. The van der Waals surface area contributed by atoms with E-state index < -0.39 is 0 Å². The highest BCUT2D eigenvalue weighted by atomic mass is 32.2. The van der Waals surface area contributed by atoms with Crippen LogP contribution in [-0.2, 0) is 16.1 Å². The lowest BCUT2D eigenvalue weighted by Gasteiger charge is -2.25. The number of hydrogen-bond donors (Lipinski definition) is 1. The number of ether oxygens (including phenoxy) is 1. The third-order valence-electron chi connectivity index (χ3n) is 5.08. The first-order valence-corrected chi connectivity index (χ1v) is 10.7. The lowest BCUT2D eigenvalue weighted by Crippen LogP contribution is -2.34. The second-order valence-electron chi connectivity index (χ2n) is 7.08. The number of aryl methyl sites for hydroxylation is 1. The van der Waals surface area contributed by atoms with Gasteiger partial charge in [-0.15, -0.1) is 10.2 Å². The Kier molecular flexibility index (Phi) is 7.85. The van der Waals surface area contributed by atoms with Crippen LogP contribution < -0.4 is 5.32 Å². The van der Waals surface area contributed by atoms with Gasteiger partial charge in [0.25, 0.3) is 0 Å². The van der Waals surface area contributed by atoms with E-state index in [4.69, 9.17) is 4.74 Å². The van der Waals surface area contributed by atoms with Gasteiger partial charge < -0.3 is 14.6 Å². The van der Waals surface area contributed by atoms with Gasteiger partial charge in [0.1, 0.15) is 12.1 Å². The van der Waals surface area contributed by atoms with Gasteiger partial charge in [-0.25, -0.2) is 4.39 Å². The van der Waals surface area contributed by atoms with Gasteiger partial charge in [0.05, 0.1) is 11.8 Å². The minimum Gasteiger partial charge on any atom is -0.385 e. The van der Waals surface area contributed by atoms with Crippen LogP contribution in [0.5, 0.6) is 0 Å². The van der Waals surface area contributed by atoms with E-state index >= 15 is 0 Å². The maximum Gasteiger partial charge on any atom is 0.230 e. The number of nitrogens with one attached hydrogen (secondary N) is 1. The maximum absolute atomic E-state index is 13.3. The molecular formula is C20H27FN4O2S. The standard InChI is InChI=1S/C20H27FN4O2S/c1-27-12-4-11-25-14-22-24-20(25)28-13-18(26)23-19(15-5-2-3-6-15)16-7-9-17(21)10-8-16/h7-10,14-15,19H,2-6,11-13H2,1H3,(H,23,26). The molecule has 28 heavy (non-hydrogen) atoms. The Morgan fingerprint density at radius 1 is 1.36 bits per heavy atom. The first-order chi connectivity index (χ1) is 13.7. The molecular weight excluding hydrogens is 379 g/mol. The largest absolute Gasteiger partial charge is 0.385 e. The van der Waals surface area contributed by atoms with Crippen molar-refractivity contribution in [2.45, 2.75) is 49.8 Å². The van der Waals surface area contributed by atoms with Crippen LogP contribution in [0.2, 0.25) is 0 Å². The van der Waals surface area contributed by atoms with Crippen LogP contribution >= 0.6 is 11.8 Å². The Labute approximate surface area is 169 Å². The summed E-state index contributed by atoms with van der Waals surface area (Å²) < 4.78 is 20.3. The van der Waals surface area contributed by atoms with Crippen molar-refractivity contribution < 1.29 is 13.9 Å². The van der Waals surface area contributed by atoms with E-state index in [2.05, 4.69) is 15.5 Å². The SMILES string of the molecule is COCCCn1cnnc1SCC(=O)NC(c1ccc(F)cc1)C1CCCC1. The number of benzene rings is 1. The molecule has 6 nitrogen and oxygen atoms in total. The molecule has 0 bridgehead atoms. The topological polar surface area (TPSA) is 69.0 Å². The van der Waals surface area contributed by atoms with E-state index in [1.807, 2.05) is 4.57 Å². The molecule has 3 rings (SSSR count). The smallest absolute Gasteiger partial charge is 0.230 e. The van der Waals surface area contributed by atoms with E-state index in [0.29, 0.717) is 12.5 Å². The normalized spacial score (nSPS) is 15.6. The van der Waals surface area contributed by atoms with Crippen molar-refractivity contribution in [1.82, 2.24) is 20.1 Å². The number of methoxy groups -OCH3 is 1. The highest BCUT2D eigenvalue weighted by Crippen LogP contribution is 2.36. The maximum atomic E-state index is 13.3. The molecule has 0 saturated heterocycles. The molecule has 152 valence electrons. The number of carbonyl (C=O) groups excluding carboxylic acids is 1. The molecule has 1 aromatic carbocycles. The van der Waals surface area contributed by atoms with Crippen LogP contribution in [0.3, 0.4) is 0 Å². The van der Waals surface area contributed by atoms with E-state index in [9.17, 15) is 9.18 Å². The van der Waals surface area contributed by atoms with Crippen molar-refractivity contribution in [3.63, 3.8) is 0 Å². The minimum absolute atomic E-state index is 0.0438. The fourth-order valence-corrected chi connectivity index (χ4v) is 4.42.